The van der Waals surface area contributed by atoms with Gasteiger partial charge in [0.25, 0.3) is 0 Å². The number of nitrogens with zero attached hydrogens (tertiary/aromatic N) is 1. The molecule has 0 fully saturated rings. The van der Waals surface area contributed by atoms with E-state index in [1.165, 1.54) is 19.4 Å². The van der Waals surface area contributed by atoms with Gasteiger partial charge in [0.1, 0.15) is 5.60 Å². The van der Waals surface area contributed by atoms with E-state index in [2.05, 4.69) is 10.3 Å². The molecule has 1 aromatic carbocycles. The molecule has 0 saturated carbocycles. The summed E-state index contributed by atoms with van der Waals surface area (Å²) < 4.78 is 10.2. The Morgan fingerprint density at radius 1 is 1.22 bits per heavy atom. The molecule has 6 nitrogen and oxygen atoms in total. The summed E-state index contributed by atoms with van der Waals surface area (Å²) in [6.45, 7) is 5.33. The quantitative estimate of drug-likeness (QED) is 0.769. The first-order valence-corrected chi connectivity index (χ1v) is 8.84. The summed E-state index contributed by atoms with van der Waals surface area (Å²) in [7, 11) is 1.28. The molecule has 0 aliphatic heterocycles. The van der Waals surface area contributed by atoms with Crippen LogP contribution in [-0.4, -0.2) is 29.8 Å². The van der Waals surface area contributed by atoms with Crippen molar-refractivity contribution in [2.75, 3.05) is 7.11 Å². The van der Waals surface area contributed by atoms with E-state index in [1.807, 2.05) is 30.3 Å². The number of ether oxygens (including phenoxy) is 2. The van der Waals surface area contributed by atoms with Crippen LogP contribution in [0, 0.1) is 0 Å². The highest BCUT2D eigenvalue weighted by Crippen LogP contribution is 2.24. The van der Waals surface area contributed by atoms with E-state index in [0.717, 1.165) is 5.56 Å². The second-order valence-electron chi connectivity index (χ2n) is 6.97. The topological polar surface area (TPSA) is 77.5 Å². The molecular formula is C20H23ClN2O4. The molecule has 0 bridgehead atoms. The van der Waals surface area contributed by atoms with Crippen molar-refractivity contribution in [1.29, 1.82) is 0 Å². The van der Waals surface area contributed by atoms with Gasteiger partial charge in [0.15, 0.2) is 0 Å². The molecule has 0 aliphatic rings. The summed E-state index contributed by atoms with van der Waals surface area (Å²) in [5.74, 6) is -0.580. The molecule has 0 spiro atoms. The van der Waals surface area contributed by atoms with Crippen molar-refractivity contribution < 1.29 is 19.1 Å². The molecule has 144 valence electrons. The van der Waals surface area contributed by atoms with Crippen LogP contribution in [0.3, 0.4) is 0 Å². The Bertz CT molecular complexity index is 803. The predicted molar refractivity (Wildman–Crippen MR) is 103 cm³/mol. The molecule has 0 unspecified atom stereocenters. The summed E-state index contributed by atoms with van der Waals surface area (Å²) in [4.78, 5) is 28.8. The number of esters is 1. The van der Waals surface area contributed by atoms with Crippen LogP contribution in [0.15, 0.2) is 42.6 Å². The third-order valence-corrected chi connectivity index (χ3v) is 3.80. The van der Waals surface area contributed by atoms with Crippen LogP contribution in [0.2, 0.25) is 5.02 Å². The van der Waals surface area contributed by atoms with Gasteiger partial charge in [-0.25, -0.2) is 9.59 Å². The van der Waals surface area contributed by atoms with Gasteiger partial charge in [-0.05, 0) is 38.8 Å². The van der Waals surface area contributed by atoms with Crippen LogP contribution < -0.4 is 5.32 Å². The lowest BCUT2D eigenvalue weighted by atomic mass is 9.99. The highest BCUT2D eigenvalue weighted by Gasteiger charge is 2.26. The maximum Gasteiger partial charge on any atom is 0.408 e. The number of alkyl carbamates (subject to hydrolysis) is 1. The number of hydrogen-bond donors (Lipinski definition) is 1. The average Bonchev–Trinajstić information content (AvgIpc) is 2.59. The summed E-state index contributed by atoms with van der Waals surface area (Å²) in [6, 6.07) is 10.4. The fourth-order valence-electron chi connectivity index (χ4n) is 2.52. The second kappa shape index (κ2) is 8.86. The molecule has 1 heterocycles. The second-order valence-corrected chi connectivity index (χ2v) is 7.40. The van der Waals surface area contributed by atoms with Gasteiger partial charge in [-0.2, -0.15) is 0 Å². The molecule has 0 radical (unpaired) electrons. The van der Waals surface area contributed by atoms with Crippen molar-refractivity contribution in [2.45, 2.75) is 38.8 Å². The minimum atomic E-state index is -0.653. The smallest absolute Gasteiger partial charge is 0.408 e. The number of amides is 1. The maximum absolute atomic E-state index is 12.3. The predicted octanol–water partition coefficient (Wildman–Crippen LogP) is 4.33. The Morgan fingerprint density at radius 3 is 2.48 bits per heavy atom. The first-order chi connectivity index (χ1) is 12.7. The molecule has 7 heteroatoms. The van der Waals surface area contributed by atoms with E-state index < -0.39 is 23.7 Å². The van der Waals surface area contributed by atoms with Crippen LogP contribution in [-0.2, 0) is 15.9 Å². The maximum atomic E-state index is 12.3. The molecule has 2 aromatic rings. The number of pyridine rings is 1. The monoisotopic (exact) mass is 390 g/mol. The van der Waals surface area contributed by atoms with Gasteiger partial charge in [0.05, 0.1) is 29.4 Å². The number of carbonyl (C=O) groups is 2. The summed E-state index contributed by atoms with van der Waals surface area (Å²) in [6.07, 6.45) is 1.24. The van der Waals surface area contributed by atoms with Crippen molar-refractivity contribution in [3.05, 3.63) is 64.4 Å². The lowest BCUT2D eigenvalue weighted by Gasteiger charge is -2.24. The highest BCUT2D eigenvalue weighted by atomic mass is 35.5. The SMILES string of the molecule is COC(=O)c1cc(Cl)cnc1[C@H](Cc1ccccc1)NC(=O)OC(C)(C)C. The molecule has 1 atom stereocenters. The fraction of sp³-hybridized carbons (Fsp3) is 0.350. The van der Waals surface area contributed by atoms with E-state index in [-0.39, 0.29) is 5.56 Å². The first kappa shape index (κ1) is 20.7. The summed E-state index contributed by atoms with van der Waals surface area (Å²) >= 11 is 5.99. The van der Waals surface area contributed by atoms with E-state index in [9.17, 15) is 9.59 Å². The van der Waals surface area contributed by atoms with E-state index >= 15 is 0 Å². The van der Waals surface area contributed by atoms with Gasteiger partial charge in [-0.1, -0.05) is 41.9 Å². The third kappa shape index (κ3) is 6.25. The zero-order chi connectivity index (χ0) is 20.0. The van der Waals surface area contributed by atoms with Crippen LogP contribution in [0.25, 0.3) is 0 Å². The molecule has 0 aliphatic carbocycles. The Labute approximate surface area is 163 Å². The minimum Gasteiger partial charge on any atom is -0.465 e. The standard InChI is InChI=1S/C20H23ClN2O4/c1-20(2,3)27-19(25)23-16(10-13-8-6-5-7-9-13)17-15(18(24)26-4)11-14(21)12-22-17/h5-9,11-12,16H,10H2,1-4H3,(H,23,25)/t16-/m0/s1. The highest BCUT2D eigenvalue weighted by molar-refractivity contribution is 6.30. The number of aromatic nitrogens is 1. The number of hydrogen-bond acceptors (Lipinski definition) is 5. The molecular weight excluding hydrogens is 368 g/mol. The number of methoxy groups -OCH3 is 1. The number of nitrogens with one attached hydrogen (secondary N) is 1. The first-order valence-electron chi connectivity index (χ1n) is 8.47. The Kier molecular flexibility index (Phi) is 6.80. The third-order valence-electron chi connectivity index (χ3n) is 3.59. The zero-order valence-electron chi connectivity index (χ0n) is 15.8. The van der Waals surface area contributed by atoms with Crippen LogP contribution in [0.1, 0.15) is 48.4 Å². The van der Waals surface area contributed by atoms with Crippen molar-refractivity contribution >= 4 is 23.7 Å². The lowest BCUT2D eigenvalue weighted by molar-refractivity contribution is 0.0496. The van der Waals surface area contributed by atoms with E-state index in [0.29, 0.717) is 17.1 Å². The molecule has 2 rings (SSSR count). The number of carbonyl (C=O) groups excluding carboxylic acids is 2. The van der Waals surface area contributed by atoms with E-state index in [1.54, 1.807) is 20.8 Å². The Morgan fingerprint density at radius 2 is 1.89 bits per heavy atom. The van der Waals surface area contributed by atoms with Gasteiger partial charge in [0, 0.05) is 6.20 Å². The van der Waals surface area contributed by atoms with Crippen molar-refractivity contribution in [3.63, 3.8) is 0 Å². The van der Waals surface area contributed by atoms with Gasteiger partial charge in [-0.3, -0.25) is 4.98 Å². The minimum absolute atomic E-state index is 0.196. The average molecular weight is 391 g/mol. The lowest BCUT2D eigenvalue weighted by Crippen LogP contribution is -2.36. The van der Waals surface area contributed by atoms with Gasteiger partial charge in [-0.15, -0.1) is 0 Å². The molecule has 1 aromatic heterocycles. The zero-order valence-corrected chi connectivity index (χ0v) is 16.5. The van der Waals surface area contributed by atoms with E-state index in [4.69, 9.17) is 21.1 Å². The molecule has 1 N–H and O–H groups in total. The largest absolute Gasteiger partial charge is 0.465 e. The van der Waals surface area contributed by atoms with Gasteiger partial charge >= 0.3 is 12.1 Å². The Hall–Kier alpha value is -2.60. The van der Waals surface area contributed by atoms with Gasteiger partial charge < -0.3 is 14.8 Å². The van der Waals surface area contributed by atoms with Crippen molar-refractivity contribution in [1.82, 2.24) is 10.3 Å². The van der Waals surface area contributed by atoms with Crippen LogP contribution in [0.4, 0.5) is 4.79 Å². The van der Waals surface area contributed by atoms with Crippen molar-refractivity contribution in [3.8, 4) is 0 Å². The number of benzene rings is 1. The summed E-state index contributed by atoms with van der Waals surface area (Å²) in [5, 5.41) is 3.10. The van der Waals surface area contributed by atoms with Crippen molar-refractivity contribution in [2.24, 2.45) is 0 Å². The Balaban J connectivity index is 2.40. The van der Waals surface area contributed by atoms with Crippen LogP contribution >= 0.6 is 11.6 Å². The normalized spacial score (nSPS) is 12.2. The number of rotatable bonds is 5. The summed E-state index contributed by atoms with van der Waals surface area (Å²) in [5.41, 5.74) is 0.869. The molecule has 1 amide bonds. The molecule has 0 saturated heterocycles. The number of halogens is 1. The fourth-order valence-corrected chi connectivity index (χ4v) is 2.67. The van der Waals surface area contributed by atoms with Crippen LogP contribution in [0.5, 0.6) is 0 Å². The molecule has 27 heavy (non-hydrogen) atoms. The van der Waals surface area contributed by atoms with Gasteiger partial charge in [0.2, 0.25) is 0 Å².